The average Bonchev–Trinajstić information content (AvgIpc) is 2.60. The van der Waals surface area contributed by atoms with Gasteiger partial charge in [0.25, 0.3) is 11.8 Å². The van der Waals surface area contributed by atoms with Gasteiger partial charge in [-0.2, -0.15) is 0 Å². The Kier molecular flexibility index (Phi) is 5.63. The summed E-state index contributed by atoms with van der Waals surface area (Å²) in [5.41, 5.74) is 1.17. The first kappa shape index (κ1) is 17.6. The second kappa shape index (κ2) is 7.68. The highest BCUT2D eigenvalue weighted by molar-refractivity contribution is 6.09. The monoisotopic (exact) mass is 331 g/mol. The number of hydrogen-bond donors (Lipinski definition) is 0. The average molecular weight is 331 g/mol. The molecule has 0 radical (unpaired) electrons. The van der Waals surface area contributed by atoms with Crippen molar-refractivity contribution in [2.24, 2.45) is 0 Å². The van der Waals surface area contributed by atoms with E-state index < -0.39 is 0 Å². The molecule has 0 spiro atoms. The molecule has 2 amide bonds. The summed E-state index contributed by atoms with van der Waals surface area (Å²) in [6.45, 7) is 2.08. The molecule has 0 fully saturated rings. The van der Waals surface area contributed by atoms with Crippen molar-refractivity contribution in [3.8, 4) is 17.2 Å². The van der Waals surface area contributed by atoms with Crippen LogP contribution >= 0.6 is 0 Å². The fourth-order valence-corrected chi connectivity index (χ4v) is 2.50. The Hall–Kier alpha value is -2.76. The summed E-state index contributed by atoms with van der Waals surface area (Å²) in [7, 11) is 4.59. The fourth-order valence-electron chi connectivity index (χ4n) is 2.50. The number of ether oxygens (including phenoxy) is 3. The van der Waals surface area contributed by atoms with Gasteiger partial charge in [0.2, 0.25) is 5.75 Å². The third-order valence-corrected chi connectivity index (χ3v) is 3.70. The Balaban J connectivity index is 2.34. The SMILES string of the molecule is COc1cc(/C=C(\C)C(=O)N2CCC=CC2=O)cc(OC)c1OC. The fraction of sp³-hybridized carbons (Fsp3) is 0.333. The van der Waals surface area contributed by atoms with Crippen LogP contribution in [0.1, 0.15) is 18.9 Å². The van der Waals surface area contributed by atoms with Crippen LogP contribution in [0.4, 0.5) is 0 Å². The molecule has 1 aliphatic rings. The Morgan fingerprint density at radius 3 is 2.25 bits per heavy atom. The van der Waals surface area contributed by atoms with Crippen molar-refractivity contribution in [1.82, 2.24) is 4.90 Å². The molecule has 0 saturated heterocycles. The molecule has 128 valence electrons. The van der Waals surface area contributed by atoms with E-state index in [2.05, 4.69) is 0 Å². The number of carbonyl (C=O) groups is 2. The molecule has 1 heterocycles. The number of hydrogen-bond acceptors (Lipinski definition) is 5. The van der Waals surface area contributed by atoms with Crippen LogP contribution in [0.15, 0.2) is 29.9 Å². The van der Waals surface area contributed by atoms with Crippen LogP contribution in [0, 0.1) is 0 Å². The molecule has 0 atom stereocenters. The smallest absolute Gasteiger partial charge is 0.256 e. The largest absolute Gasteiger partial charge is 0.493 e. The highest BCUT2D eigenvalue weighted by atomic mass is 16.5. The first-order valence-corrected chi connectivity index (χ1v) is 7.52. The molecule has 0 aliphatic carbocycles. The van der Waals surface area contributed by atoms with Gasteiger partial charge in [0, 0.05) is 12.1 Å². The van der Waals surface area contributed by atoms with Crippen LogP contribution in [0.2, 0.25) is 0 Å². The topological polar surface area (TPSA) is 65.1 Å². The third kappa shape index (κ3) is 3.59. The van der Waals surface area contributed by atoms with Crippen LogP contribution in [0.3, 0.4) is 0 Å². The number of imide groups is 1. The van der Waals surface area contributed by atoms with Crippen molar-refractivity contribution < 1.29 is 23.8 Å². The van der Waals surface area contributed by atoms with Gasteiger partial charge >= 0.3 is 0 Å². The van der Waals surface area contributed by atoms with Crippen LogP contribution in [0.25, 0.3) is 6.08 Å². The standard InChI is InChI=1S/C18H21NO5/c1-12(18(21)19-8-6-5-7-16(19)20)9-13-10-14(22-2)17(24-4)15(11-13)23-3/h5,7,9-11H,6,8H2,1-4H3/b12-9+. The lowest BCUT2D eigenvalue weighted by atomic mass is 10.1. The molecule has 24 heavy (non-hydrogen) atoms. The van der Waals surface area contributed by atoms with Crippen LogP contribution in [-0.4, -0.2) is 44.6 Å². The second-order valence-corrected chi connectivity index (χ2v) is 5.27. The summed E-state index contributed by atoms with van der Waals surface area (Å²) in [6, 6.07) is 3.49. The van der Waals surface area contributed by atoms with E-state index in [0.717, 1.165) is 5.56 Å². The van der Waals surface area contributed by atoms with Gasteiger partial charge in [-0.1, -0.05) is 6.08 Å². The van der Waals surface area contributed by atoms with E-state index in [4.69, 9.17) is 14.2 Å². The van der Waals surface area contributed by atoms with Gasteiger partial charge in [0.1, 0.15) is 0 Å². The van der Waals surface area contributed by atoms with Crippen LogP contribution in [0.5, 0.6) is 17.2 Å². The number of carbonyl (C=O) groups excluding carboxylic acids is 2. The van der Waals surface area contributed by atoms with Crippen LogP contribution in [-0.2, 0) is 9.59 Å². The van der Waals surface area contributed by atoms with Gasteiger partial charge in [-0.3, -0.25) is 14.5 Å². The first-order valence-electron chi connectivity index (χ1n) is 7.52. The van der Waals surface area contributed by atoms with Gasteiger partial charge in [-0.25, -0.2) is 0 Å². The third-order valence-electron chi connectivity index (χ3n) is 3.70. The molecule has 1 aliphatic heterocycles. The number of benzene rings is 1. The van der Waals surface area contributed by atoms with Crippen molar-refractivity contribution in [1.29, 1.82) is 0 Å². The van der Waals surface area contributed by atoms with E-state index in [1.807, 2.05) is 0 Å². The zero-order valence-electron chi connectivity index (χ0n) is 14.3. The molecular formula is C18H21NO5. The normalized spacial score (nSPS) is 14.6. The lowest BCUT2D eigenvalue weighted by molar-refractivity contribution is -0.139. The van der Waals surface area contributed by atoms with Gasteiger partial charge in [0.05, 0.1) is 21.3 Å². The van der Waals surface area contributed by atoms with Gasteiger partial charge in [-0.15, -0.1) is 0 Å². The minimum Gasteiger partial charge on any atom is -0.493 e. The zero-order valence-corrected chi connectivity index (χ0v) is 14.3. The van der Waals surface area contributed by atoms with E-state index >= 15 is 0 Å². The molecule has 1 aromatic rings. The van der Waals surface area contributed by atoms with Crippen LogP contribution < -0.4 is 14.2 Å². The maximum atomic E-state index is 12.5. The number of methoxy groups -OCH3 is 3. The zero-order chi connectivity index (χ0) is 17.7. The Labute approximate surface area is 141 Å². The summed E-state index contributed by atoms with van der Waals surface area (Å²) in [5, 5.41) is 0. The summed E-state index contributed by atoms with van der Waals surface area (Å²) in [5.74, 6) is 0.889. The lowest BCUT2D eigenvalue weighted by Crippen LogP contribution is -2.38. The number of rotatable bonds is 5. The molecule has 1 aromatic carbocycles. The minimum absolute atomic E-state index is 0.288. The summed E-state index contributed by atoms with van der Waals surface area (Å²) < 4.78 is 15.9. The Bertz CT molecular complexity index is 680. The predicted octanol–water partition coefficient (Wildman–Crippen LogP) is 2.43. The molecule has 0 saturated carbocycles. The van der Waals surface area contributed by atoms with Gasteiger partial charge in [0.15, 0.2) is 11.5 Å². The van der Waals surface area contributed by atoms with Crippen molar-refractivity contribution in [2.75, 3.05) is 27.9 Å². The summed E-state index contributed by atoms with van der Waals surface area (Å²) in [4.78, 5) is 25.5. The molecule has 6 heteroatoms. The Morgan fingerprint density at radius 1 is 1.12 bits per heavy atom. The molecule has 0 bridgehead atoms. The predicted molar refractivity (Wildman–Crippen MR) is 90.2 cm³/mol. The molecular weight excluding hydrogens is 310 g/mol. The maximum Gasteiger partial charge on any atom is 0.256 e. The van der Waals surface area contributed by atoms with Crippen molar-refractivity contribution in [3.63, 3.8) is 0 Å². The molecule has 0 unspecified atom stereocenters. The van der Waals surface area contributed by atoms with E-state index in [1.54, 1.807) is 31.2 Å². The van der Waals surface area contributed by atoms with E-state index in [1.165, 1.54) is 32.3 Å². The summed E-state index contributed by atoms with van der Waals surface area (Å²) in [6.07, 6.45) is 5.56. The highest BCUT2D eigenvalue weighted by Gasteiger charge is 2.22. The summed E-state index contributed by atoms with van der Waals surface area (Å²) >= 11 is 0. The quantitative estimate of drug-likeness (QED) is 0.775. The molecule has 0 N–H and O–H groups in total. The molecule has 6 nitrogen and oxygen atoms in total. The minimum atomic E-state index is -0.307. The van der Waals surface area contributed by atoms with E-state index in [9.17, 15) is 9.59 Å². The first-order chi connectivity index (χ1) is 11.5. The van der Waals surface area contributed by atoms with Gasteiger partial charge in [-0.05, 0) is 43.2 Å². The van der Waals surface area contributed by atoms with E-state index in [0.29, 0.717) is 35.8 Å². The Morgan fingerprint density at radius 2 is 1.75 bits per heavy atom. The van der Waals surface area contributed by atoms with Crippen molar-refractivity contribution in [2.45, 2.75) is 13.3 Å². The number of nitrogens with zero attached hydrogens (tertiary/aromatic N) is 1. The maximum absolute atomic E-state index is 12.5. The second-order valence-electron chi connectivity index (χ2n) is 5.27. The van der Waals surface area contributed by atoms with Crippen molar-refractivity contribution in [3.05, 3.63) is 35.4 Å². The van der Waals surface area contributed by atoms with Crippen molar-refractivity contribution >= 4 is 17.9 Å². The van der Waals surface area contributed by atoms with E-state index in [-0.39, 0.29) is 11.8 Å². The van der Waals surface area contributed by atoms with Gasteiger partial charge < -0.3 is 14.2 Å². The molecule has 0 aromatic heterocycles. The lowest BCUT2D eigenvalue weighted by Gasteiger charge is -2.21. The highest BCUT2D eigenvalue weighted by Crippen LogP contribution is 2.38. The molecule has 2 rings (SSSR count). The number of amides is 2.